The first-order valence-electron chi connectivity index (χ1n) is 5.51. The van der Waals surface area contributed by atoms with E-state index in [4.69, 9.17) is 0 Å². The minimum atomic E-state index is 0.227. The zero-order valence-electron chi connectivity index (χ0n) is 8.53. The van der Waals surface area contributed by atoms with Gasteiger partial charge in [-0.25, -0.2) is 0 Å². The average molecular weight is 222 g/mol. The molecule has 0 saturated carbocycles. The predicted molar refractivity (Wildman–Crippen MR) is 61.2 cm³/mol. The van der Waals surface area contributed by atoms with E-state index in [2.05, 4.69) is 5.32 Å². The molecule has 0 aromatic carbocycles. The molecule has 0 aliphatic carbocycles. The van der Waals surface area contributed by atoms with Crippen LogP contribution in [0.25, 0.3) is 0 Å². The van der Waals surface area contributed by atoms with Crippen molar-refractivity contribution < 1.29 is 4.79 Å². The summed E-state index contributed by atoms with van der Waals surface area (Å²) in [5, 5.41) is 5.45. The Kier molecular flexibility index (Phi) is 2.16. The number of rotatable bonds is 0. The largest absolute Gasteiger partial charge is 0.364 e. The highest BCUT2D eigenvalue weighted by atomic mass is 32.1. The Morgan fingerprint density at radius 3 is 3.27 bits per heavy atom. The second-order valence-electron chi connectivity index (χ2n) is 4.17. The van der Waals surface area contributed by atoms with Crippen molar-refractivity contribution in [3.8, 4) is 0 Å². The van der Waals surface area contributed by atoms with Crippen molar-refractivity contribution in [1.29, 1.82) is 0 Å². The highest BCUT2D eigenvalue weighted by Gasteiger charge is 2.33. The fraction of sp³-hybridized carbons (Fsp3) is 0.545. The molecule has 1 N–H and O–H groups in total. The summed E-state index contributed by atoms with van der Waals surface area (Å²) >= 11 is 1.54. The number of carbonyl (C=O) groups is 1. The van der Waals surface area contributed by atoms with Gasteiger partial charge in [0.2, 0.25) is 0 Å². The van der Waals surface area contributed by atoms with Crippen LogP contribution in [0.2, 0.25) is 0 Å². The Labute approximate surface area is 93.1 Å². The van der Waals surface area contributed by atoms with E-state index >= 15 is 0 Å². The van der Waals surface area contributed by atoms with Gasteiger partial charge in [-0.15, -0.1) is 11.3 Å². The lowest BCUT2D eigenvalue weighted by atomic mass is 10.1. The van der Waals surface area contributed by atoms with Crippen molar-refractivity contribution in [3.05, 3.63) is 16.3 Å². The number of hydrogen-bond acceptors (Lipinski definition) is 3. The van der Waals surface area contributed by atoms with E-state index in [1.807, 2.05) is 16.3 Å². The molecule has 2 aliphatic rings. The summed E-state index contributed by atoms with van der Waals surface area (Å²) in [4.78, 5) is 15.0. The number of thiophene rings is 1. The van der Waals surface area contributed by atoms with Crippen LogP contribution < -0.4 is 5.32 Å². The minimum Gasteiger partial charge on any atom is -0.364 e. The summed E-state index contributed by atoms with van der Waals surface area (Å²) in [6, 6.07) is 2.01. The van der Waals surface area contributed by atoms with E-state index in [0.717, 1.165) is 30.0 Å². The van der Waals surface area contributed by atoms with E-state index in [1.165, 1.54) is 12.8 Å². The molecule has 0 radical (unpaired) electrons. The van der Waals surface area contributed by atoms with Gasteiger partial charge < -0.3 is 10.2 Å². The van der Waals surface area contributed by atoms with Crippen molar-refractivity contribution in [2.24, 2.45) is 0 Å². The first-order valence-corrected chi connectivity index (χ1v) is 6.39. The molecule has 3 heterocycles. The molecule has 1 aromatic heterocycles. The summed E-state index contributed by atoms with van der Waals surface area (Å²) in [6.45, 7) is 0.911. The molecular weight excluding hydrogens is 208 g/mol. The Morgan fingerprint density at radius 2 is 2.33 bits per heavy atom. The molecule has 0 bridgehead atoms. The lowest BCUT2D eigenvalue weighted by Crippen LogP contribution is -2.47. The molecule has 0 spiro atoms. The number of fused-ring (bicyclic) bond motifs is 2. The number of anilines is 1. The van der Waals surface area contributed by atoms with Crippen LogP contribution in [0, 0.1) is 0 Å². The average Bonchev–Trinajstić information content (AvgIpc) is 2.56. The maximum Gasteiger partial charge on any atom is 0.267 e. The van der Waals surface area contributed by atoms with Gasteiger partial charge in [0.25, 0.3) is 5.91 Å². The van der Waals surface area contributed by atoms with Gasteiger partial charge in [-0.1, -0.05) is 6.42 Å². The molecule has 2 aliphatic heterocycles. The quantitative estimate of drug-likeness (QED) is 0.731. The van der Waals surface area contributed by atoms with E-state index in [1.54, 1.807) is 11.3 Å². The molecule has 0 unspecified atom stereocenters. The van der Waals surface area contributed by atoms with Crippen LogP contribution in [0.1, 0.15) is 35.4 Å². The van der Waals surface area contributed by atoms with Gasteiger partial charge in [0.05, 0.1) is 5.69 Å². The molecule has 3 rings (SSSR count). The molecule has 1 saturated heterocycles. The summed E-state index contributed by atoms with van der Waals surface area (Å²) in [5.41, 5.74) is 1.04. The predicted octanol–water partition coefficient (Wildman–Crippen LogP) is 2.52. The van der Waals surface area contributed by atoms with Crippen molar-refractivity contribution >= 4 is 22.9 Å². The molecule has 3 nitrogen and oxygen atoms in total. The summed E-state index contributed by atoms with van der Waals surface area (Å²) in [5.74, 6) is 0.227. The molecular formula is C11H14N2OS. The first-order chi connectivity index (χ1) is 7.36. The molecule has 1 atom stereocenters. The van der Waals surface area contributed by atoms with Gasteiger partial charge in [-0.2, -0.15) is 0 Å². The molecule has 15 heavy (non-hydrogen) atoms. The number of amides is 1. The Balaban J connectivity index is 1.96. The molecule has 4 heteroatoms. The maximum atomic E-state index is 12.2. The van der Waals surface area contributed by atoms with Gasteiger partial charge in [0, 0.05) is 6.54 Å². The molecule has 1 amide bonds. The maximum absolute atomic E-state index is 12.2. The number of nitrogens with zero attached hydrogens (tertiary/aromatic N) is 1. The lowest BCUT2D eigenvalue weighted by molar-refractivity contribution is 0.0696. The third kappa shape index (κ3) is 1.44. The fourth-order valence-corrected chi connectivity index (χ4v) is 3.21. The zero-order valence-corrected chi connectivity index (χ0v) is 9.35. The van der Waals surface area contributed by atoms with E-state index in [0.29, 0.717) is 0 Å². The van der Waals surface area contributed by atoms with Crippen molar-refractivity contribution in [1.82, 2.24) is 4.90 Å². The van der Waals surface area contributed by atoms with Crippen LogP contribution in [0.4, 0.5) is 5.69 Å². The van der Waals surface area contributed by atoms with Crippen LogP contribution in [0.5, 0.6) is 0 Å². The highest BCUT2D eigenvalue weighted by molar-refractivity contribution is 7.12. The second-order valence-corrected chi connectivity index (χ2v) is 5.09. The summed E-state index contributed by atoms with van der Waals surface area (Å²) in [7, 11) is 0. The van der Waals surface area contributed by atoms with Gasteiger partial charge in [-0.3, -0.25) is 4.79 Å². The van der Waals surface area contributed by atoms with Crippen LogP contribution in [-0.4, -0.2) is 23.5 Å². The van der Waals surface area contributed by atoms with E-state index in [9.17, 15) is 4.79 Å². The van der Waals surface area contributed by atoms with Crippen molar-refractivity contribution in [3.63, 3.8) is 0 Å². The summed E-state index contributed by atoms with van der Waals surface area (Å²) in [6.07, 6.45) is 4.93. The summed E-state index contributed by atoms with van der Waals surface area (Å²) < 4.78 is 0. The number of hydrogen-bond donors (Lipinski definition) is 1. The number of carbonyl (C=O) groups excluding carboxylic acids is 1. The van der Waals surface area contributed by atoms with Gasteiger partial charge in [0.1, 0.15) is 11.0 Å². The first kappa shape index (κ1) is 9.21. The standard InChI is InChI=1S/C11H14N2OS/c14-11-10-8(5-7-15-10)12-9-4-2-1-3-6-13(9)11/h5,7,9,12H,1-4,6H2/t9-/m1/s1. The van der Waals surface area contributed by atoms with Crippen LogP contribution in [0.3, 0.4) is 0 Å². The van der Waals surface area contributed by atoms with Crippen molar-refractivity contribution in [2.75, 3.05) is 11.9 Å². The zero-order chi connectivity index (χ0) is 10.3. The Bertz CT molecular complexity index is 388. The smallest absolute Gasteiger partial charge is 0.267 e. The van der Waals surface area contributed by atoms with E-state index < -0.39 is 0 Å². The van der Waals surface area contributed by atoms with E-state index in [-0.39, 0.29) is 12.1 Å². The number of nitrogens with one attached hydrogen (secondary N) is 1. The monoisotopic (exact) mass is 222 g/mol. The molecule has 80 valence electrons. The van der Waals surface area contributed by atoms with Crippen LogP contribution in [0.15, 0.2) is 11.4 Å². The van der Waals surface area contributed by atoms with Gasteiger partial charge in [0.15, 0.2) is 0 Å². The third-order valence-electron chi connectivity index (χ3n) is 3.20. The molecule has 1 aromatic rings. The Hall–Kier alpha value is -1.03. The van der Waals surface area contributed by atoms with Crippen LogP contribution >= 0.6 is 11.3 Å². The van der Waals surface area contributed by atoms with Gasteiger partial charge >= 0.3 is 0 Å². The minimum absolute atomic E-state index is 0.227. The second kappa shape index (κ2) is 3.52. The fourth-order valence-electron chi connectivity index (χ4n) is 2.40. The normalized spacial score (nSPS) is 25.2. The van der Waals surface area contributed by atoms with Crippen LogP contribution in [-0.2, 0) is 0 Å². The third-order valence-corrected chi connectivity index (χ3v) is 4.10. The lowest BCUT2D eigenvalue weighted by Gasteiger charge is -2.35. The highest BCUT2D eigenvalue weighted by Crippen LogP contribution is 2.32. The van der Waals surface area contributed by atoms with Crippen molar-refractivity contribution in [2.45, 2.75) is 31.8 Å². The van der Waals surface area contributed by atoms with Gasteiger partial charge in [-0.05, 0) is 30.7 Å². The topological polar surface area (TPSA) is 32.3 Å². The molecule has 1 fully saturated rings. The SMILES string of the molecule is O=C1c2sccc2N[C@H]2CCCCCN12. The Morgan fingerprint density at radius 1 is 1.40 bits per heavy atom.